The van der Waals surface area contributed by atoms with Crippen LogP contribution in [0.25, 0.3) is 16.6 Å². The maximum absolute atomic E-state index is 14.0. The van der Waals surface area contributed by atoms with Crippen LogP contribution in [0, 0.1) is 17.5 Å². The van der Waals surface area contributed by atoms with Gasteiger partial charge in [-0.25, -0.2) is 13.2 Å². The van der Waals surface area contributed by atoms with E-state index in [-0.39, 0.29) is 17.5 Å². The number of aromatic nitrogens is 1. The van der Waals surface area contributed by atoms with Gasteiger partial charge in [-0.3, -0.25) is 4.90 Å². The normalized spacial score (nSPS) is 15.0. The molecule has 0 spiro atoms. The molecule has 1 aromatic heterocycles. The molecule has 1 aliphatic rings. The lowest BCUT2D eigenvalue weighted by molar-refractivity contribution is 0.152. The van der Waals surface area contributed by atoms with Crippen molar-refractivity contribution < 1.29 is 18.3 Å². The number of benzene rings is 3. The van der Waals surface area contributed by atoms with Crippen LogP contribution in [0.5, 0.6) is 0 Å². The van der Waals surface area contributed by atoms with Gasteiger partial charge >= 0.3 is 0 Å². The Labute approximate surface area is 190 Å². The summed E-state index contributed by atoms with van der Waals surface area (Å²) in [4.78, 5) is 2.33. The minimum absolute atomic E-state index is 0.265. The monoisotopic (exact) mass is 450 g/mol. The SMILES string of the molecule is O[C@@H](CCCN1CCc2c(n(-c3ccc(F)cc3)c3ccc(F)cc23)C1)c1ccc(F)cc1. The van der Waals surface area contributed by atoms with Gasteiger partial charge in [0.25, 0.3) is 0 Å². The molecule has 0 radical (unpaired) electrons. The summed E-state index contributed by atoms with van der Waals surface area (Å²) >= 11 is 0. The number of nitrogens with zero attached hydrogens (tertiary/aromatic N) is 2. The van der Waals surface area contributed by atoms with Crippen molar-refractivity contribution in [1.82, 2.24) is 9.47 Å². The molecule has 0 saturated carbocycles. The average molecular weight is 451 g/mol. The topological polar surface area (TPSA) is 28.4 Å². The first-order chi connectivity index (χ1) is 16.0. The molecule has 5 rings (SSSR count). The van der Waals surface area contributed by atoms with E-state index in [1.807, 2.05) is 0 Å². The summed E-state index contributed by atoms with van der Waals surface area (Å²) in [6.07, 6.45) is 1.55. The molecule has 0 fully saturated rings. The van der Waals surface area contributed by atoms with Crippen LogP contribution in [-0.4, -0.2) is 27.7 Å². The molecule has 3 aromatic carbocycles. The highest BCUT2D eigenvalue weighted by molar-refractivity contribution is 5.87. The minimum Gasteiger partial charge on any atom is -0.388 e. The standard InChI is InChI=1S/C27H25F3N2O/c28-19-5-3-18(4-6-19)27(33)2-1-14-31-15-13-23-24-16-21(30)9-12-25(24)32(26(23)17-31)22-10-7-20(29)8-11-22/h3-12,16,27,33H,1-2,13-15,17H2/t27-/m0/s1. The maximum Gasteiger partial charge on any atom is 0.123 e. The maximum atomic E-state index is 14.0. The lowest BCUT2D eigenvalue weighted by Gasteiger charge is -2.29. The predicted molar refractivity (Wildman–Crippen MR) is 123 cm³/mol. The van der Waals surface area contributed by atoms with Gasteiger partial charge in [-0.15, -0.1) is 0 Å². The lowest BCUT2D eigenvalue weighted by Crippen LogP contribution is -2.32. The third-order valence-electron chi connectivity index (χ3n) is 6.49. The lowest BCUT2D eigenvalue weighted by atomic mass is 10.0. The highest BCUT2D eigenvalue weighted by atomic mass is 19.1. The van der Waals surface area contributed by atoms with Gasteiger partial charge in [0, 0.05) is 29.9 Å². The zero-order chi connectivity index (χ0) is 22.9. The predicted octanol–water partition coefficient (Wildman–Crippen LogP) is 5.92. The Bertz CT molecular complexity index is 1270. The Kier molecular flexibility index (Phi) is 5.96. The van der Waals surface area contributed by atoms with Crippen LogP contribution in [-0.2, 0) is 13.0 Å². The summed E-state index contributed by atoms with van der Waals surface area (Å²) in [5.74, 6) is -0.873. The highest BCUT2D eigenvalue weighted by Gasteiger charge is 2.25. The van der Waals surface area contributed by atoms with Crippen LogP contribution in [0.1, 0.15) is 35.8 Å². The second-order valence-electron chi connectivity index (χ2n) is 8.63. The smallest absolute Gasteiger partial charge is 0.123 e. The van der Waals surface area contributed by atoms with Gasteiger partial charge in [0.2, 0.25) is 0 Å². The van der Waals surface area contributed by atoms with Crippen molar-refractivity contribution in [3.05, 3.63) is 101 Å². The van der Waals surface area contributed by atoms with E-state index in [1.54, 1.807) is 36.4 Å². The van der Waals surface area contributed by atoms with E-state index in [4.69, 9.17) is 0 Å². The van der Waals surface area contributed by atoms with Crippen molar-refractivity contribution in [2.75, 3.05) is 13.1 Å². The van der Waals surface area contributed by atoms with Crippen molar-refractivity contribution in [1.29, 1.82) is 0 Å². The Morgan fingerprint density at radius 3 is 2.24 bits per heavy atom. The molecule has 33 heavy (non-hydrogen) atoms. The molecule has 3 nitrogen and oxygen atoms in total. The van der Waals surface area contributed by atoms with Crippen molar-refractivity contribution in [3.63, 3.8) is 0 Å². The quantitative estimate of drug-likeness (QED) is 0.395. The summed E-state index contributed by atoms with van der Waals surface area (Å²) in [7, 11) is 0. The molecule has 0 amide bonds. The molecule has 0 saturated heterocycles. The summed E-state index contributed by atoms with van der Waals surface area (Å²) in [5.41, 5.74) is 4.71. The van der Waals surface area contributed by atoms with Gasteiger partial charge in [0.1, 0.15) is 17.5 Å². The first-order valence-corrected chi connectivity index (χ1v) is 11.2. The van der Waals surface area contributed by atoms with Gasteiger partial charge in [0.05, 0.1) is 11.6 Å². The highest BCUT2D eigenvalue weighted by Crippen LogP contribution is 2.34. The summed E-state index contributed by atoms with van der Waals surface area (Å²) in [6.45, 7) is 2.34. The van der Waals surface area contributed by atoms with Crippen LogP contribution < -0.4 is 0 Å². The minimum atomic E-state index is -0.625. The number of hydrogen-bond donors (Lipinski definition) is 1. The van der Waals surface area contributed by atoms with Crippen LogP contribution in [0.4, 0.5) is 13.2 Å². The molecule has 1 atom stereocenters. The molecule has 4 aromatic rings. The summed E-state index contributed by atoms with van der Waals surface area (Å²) in [5, 5.41) is 11.3. The fraction of sp³-hybridized carbons (Fsp3) is 0.259. The molecular formula is C27H25F3N2O. The van der Waals surface area contributed by atoms with Crippen LogP contribution >= 0.6 is 0 Å². The van der Waals surface area contributed by atoms with Crippen molar-refractivity contribution in [2.24, 2.45) is 0 Å². The van der Waals surface area contributed by atoms with E-state index in [0.717, 1.165) is 59.3 Å². The Hall–Kier alpha value is -3.09. The van der Waals surface area contributed by atoms with Crippen molar-refractivity contribution in [2.45, 2.75) is 31.9 Å². The van der Waals surface area contributed by atoms with Gasteiger partial charge in [-0.2, -0.15) is 0 Å². The van der Waals surface area contributed by atoms with Crippen molar-refractivity contribution in [3.8, 4) is 5.69 Å². The second-order valence-corrected chi connectivity index (χ2v) is 8.63. The molecule has 0 aliphatic carbocycles. The van der Waals surface area contributed by atoms with E-state index < -0.39 is 6.10 Å². The van der Waals surface area contributed by atoms with Gasteiger partial charge in [-0.1, -0.05) is 12.1 Å². The van der Waals surface area contributed by atoms with Crippen LogP contribution in [0.2, 0.25) is 0 Å². The number of aliphatic hydroxyl groups excluding tert-OH is 1. The molecule has 6 heteroatoms. The third-order valence-corrected chi connectivity index (χ3v) is 6.49. The van der Waals surface area contributed by atoms with Crippen LogP contribution in [0.3, 0.4) is 0 Å². The van der Waals surface area contributed by atoms with Gasteiger partial charge in [0.15, 0.2) is 0 Å². The molecular weight excluding hydrogens is 425 g/mol. The summed E-state index contributed by atoms with van der Waals surface area (Å²) in [6, 6.07) is 17.2. The third kappa shape index (κ3) is 4.41. The Morgan fingerprint density at radius 1 is 0.848 bits per heavy atom. The molecule has 170 valence electrons. The second kappa shape index (κ2) is 9.04. The zero-order valence-electron chi connectivity index (χ0n) is 18.1. The number of fused-ring (bicyclic) bond motifs is 3. The zero-order valence-corrected chi connectivity index (χ0v) is 18.1. The number of hydrogen-bond acceptors (Lipinski definition) is 2. The van der Waals surface area contributed by atoms with Crippen LogP contribution in [0.15, 0.2) is 66.7 Å². The van der Waals surface area contributed by atoms with E-state index in [0.29, 0.717) is 13.0 Å². The summed E-state index contributed by atoms with van der Waals surface area (Å²) < 4.78 is 42.8. The van der Waals surface area contributed by atoms with E-state index >= 15 is 0 Å². The average Bonchev–Trinajstić information content (AvgIpc) is 3.13. The van der Waals surface area contributed by atoms with Gasteiger partial charge in [-0.05, 0) is 91.5 Å². The molecule has 0 unspecified atom stereocenters. The van der Waals surface area contributed by atoms with Crippen molar-refractivity contribution >= 4 is 10.9 Å². The van der Waals surface area contributed by atoms with E-state index in [1.165, 1.54) is 30.3 Å². The fourth-order valence-electron chi connectivity index (χ4n) is 4.82. The molecule has 1 N–H and O–H groups in total. The fourth-order valence-corrected chi connectivity index (χ4v) is 4.82. The van der Waals surface area contributed by atoms with Gasteiger partial charge < -0.3 is 9.67 Å². The Morgan fingerprint density at radius 2 is 1.52 bits per heavy atom. The number of halogens is 3. The largest absolute Gasteiger partial charge is 0.388 e. The molecule has 0 bridgehead atoms. The van der Waals surface area contributed by atoms with E-state index in [9.17, 15) is 18.3 Å². The Balaban J connectivity index is 1.36. The van der Waals surface area contributed by atoms with E-state index in [2.05, 4.69) is 9.47 Å². The first kappa shape index (κ1) is 21.7. The molecule has 2 heterocycles. The number of aliphatic hydroxyl groups is 1. The first-order valence-electron chi connectivity index (χ1n) is 11.2. The molecule has 1 aliphatic heterocycles. The number of rotatable bonds is 6.